The standard InChI is InChI=1S/C26H29ClN8O3/c1-33-9-11-34(12-10-33)21-14-22(38-2)19(13-18(21)30-24(36)15-27)31-26-28-8-7-23(32-26)35-16-25(37)29-17-5-3-4-6-20(17)35/h3-8,13-14H,9-12,15-16H2,1-2H3,(H,29,37)(H,30,36)(H,28,31,32). The van der Waals surface area contributed by atoms with Gasteiger partial charge in [-0.1, -0.05) is 12.1 Å². The summed E-state index contributed by atoms with van der Waals surface area (Å²) in [6, 6.07) is 13.0. The first-order valence-corrected chi connectivity index (χ1v) is 12.8. The molecule has 0 atom stereocenters. The number of methoxy groups -OCH3 is 1. The summed E-state index contributed by atoms with van der Waals surface area (Å²) in [5.74, 6) is 0.850. The second kappa shape index (κ2) is 11.1. The van der Waals surface area contributed by atoms with E-state index in [1.54, 1.807) is 25.4 Å². The van der Waals surface area contributed by atoms with Crippen molar-refractivity contribution < 1.29 is 14.3 Å². The minimum Gasteiger partial charge on any atom is -0.494 e. The Morgan fingerprint density at radius 3 is 2.66 bits per heavy atom. The van der Waals surface area contributed by atoms with E-state index in [9.17, 15) is 9.59 Å². The van der Waals surface area contributed by atoms with Gasteiger partial charge in [0.1, 0.15) is 24.0 Å². The van der Waals surface area contributed by atoms with Crippen LogP contribution in [-0.2, 0) is 9.59 Å². The lowest BCUT2D eigenvalue weighted by Crippen LogP contribution is -2.44. The molecule has 38 heavy (non-hydrogen) atoms. The average Bonchev–Trinajstić information content (AvgIpc) is 2.93. The fourth-order valence-electron chi connectivity index (χ4n) is 4.55. The molecule has 2 amide bonds. The number of piperazine rings is 1. The van der Waals surface area contributed by atoms with Gasteiger partial charge in [-0.3, -0.25) is 9.59 Å². The third-order valence-electron chi connectivity index (χ3n) is 6.49. The van der Waals surface area contributed by atoms with Crippen molar-refractivity contribution in [3.8, 4) is 5.75 Å². The van der Waals surface area contributed by atoms with Crippen LogP contribution in [0.15, 0.2) is 48.7 Å². The van der Waals surface area contributed by atoms with Gasteiger partial charge in [-0.2, -0.15) is 4.98 Å². The Bertz CT molecular complexity index is 1350. The van der Waals surface area contributed by atoms with Crippen LogP contribution in [0.4, 0.5) is 40.2 Å². The predicted molar refractivity (Wildman–Crippen MR) is 149 cm³/mol. The smallest absolute Gasteiger partial charge is 0.244 e. The van der Waals surface area contributed by atoms with Crippen molar-refractivity contribution in [2.24, 2.45) is 0 Å². The number of anilines is 7. The average molecular weight is 537 g/mol. The zero-order valence-electron chi connectivity index (χ0n) is 21.2. The van der Waals surface area contributed by atoms with E-state index in [0.29, 0.717) is 28.9 Å². The maximum atomic E-state index is 12.3. The van der Waals surface area contributed by atoms with Gasteiger partial charge in [0.25, 0.3) is 0 Å². The molecule has 11 nitrogen and oxygen atoms in total. The first kappa shape index (κ1) is 25.6. The predicted octanol–water partition coefficient (Wildman–Crippen LogP) is 3.25. The van der Waals surface area contributed by atoms with Gasteiger partial charge in [0.15, 0.2) is 0 Å². The van der Waals surface area contributed by atoms with E-state index in [2.05, 4.69) is 42.8 Å². The van der Waals surface area contributed by atoms with Crippen molar-refractivity contribution in [2.45, 2.75) is 0 Å². The van der Waals surface area contributed by atoms with E-state index in [0.717, 1.165) is 43.2 Å². The van der Waals surface area contributed by atoms with Crippen LogP contribution in [0.25, 0.3) is 0 Å². The van der Waals surface area contributed by atoms with E-state index in [4.69, 9.17) is 16.3 Å². The Morgan fingerprint density at radius 1 is 1.11 bits per heavy atom. The lowest BCUT2D eigenvalue weighted by Gasteiger charge is -2.35. The molecule has 1 fully saturated rings. The molecule has 0 spiro atoms. The largest absolute Gasteiger partial charge is 0.494 e. The normalized spacial score (nSPS) is 15.5. The van der Waals surface area contributed by atoms with Gasteiger partial charge in [0.2, 0.25) is 17.8 Å². The second-order valence-electron chi connectivity index (χ2n) is 9.06. The first-order chi connectivity index (χ1) is 18.4. The number of alkyl halides is 1. The number of fused-ring (bicyclic) bond motifs is 1. The van der Waals surface area contributed by atoms with Gasteiger partial charge in [0, 0.05) is 38.4 Å². The molecule has 3 N–H and O–H groups in total. The summed E-state index contributed by atoms with van der Waals surface area (Å²) >= 11 is 5.80. The van der Waals surface area contributed by atoms with Gasteiger partial charge in [-0.15, -0.1) is 11.6 Å². The number of hydrogen-bond donors (Lipinski definition) is 3. The van der Waals surface area contributed by atoms with Crippen molar-refractivity contribution >= 4 is 63.6 Å². The number of halogens is 1. The molecular weight excluding hydrogens is 508 g/mol. The quantitative estimate of drug-likeness (QED) is 0.391. The van der Waals surface area contributed by atoms with Crippen LogP contribution in [0.2, 0.25) is 0 Å². The highest BCUT2D eigenvalue weighted by Crippen LogP contribution is 2.39. The van der Waals surface area contributed by atoms with Gasteiger partial charge in [-0.25, -0.2) is 4.98 Å². The van der Waals surface area contributed by atoms with Crippen molar-refractivity contribution in [3.05, 3.63) is 48.7 Å². The van der Waals surface area contributed by atoms with E-state index >= 15 is 0 Å². The lowest BCUT2D eigenvalue weighted by atomic mass is 10.1. The van der Waals surface area contributed by atoms with Crippen LogP contribution in [0.3, 0.4) is 0 Å². The Labute approximate surface area is 225 Å². The Balaban J connectivity index is 1.47. The van der Waals surface area contributed by atoms with E-state index in [1.165, 1.54) is 0 Å². The number of ether oxygens (including phenoxy) is 1. The molecule has 2 aliphatic heterocycles. The number of aromatic nitrogens is 2. The highest BCUT2D eigenvalue weighted by Gasteiger charge is 2.25. The Kier molecular flexibility index (Phi) is 7.47. The lowest BCUT2D eigenvalue weighted by molar-refractivity contribution is -0.115. The molecule has 0 aliphatic carbocycles. The van der Waals surface area contributed by atoms with Crippen molar-refractivity contribution in [1.29, 1.82) is 0 Å². The molecule has 0 saturated carbocycles. The van der Waals surface area contributed by atoms with Crippen molar-refractivity contribution in [3.63, 3.8) is 0 Å². The summed E-state index contributed by atoms with van der Waals surface area (Å²) in [6.45, 7) is 3.57. The number of nitrogens with one attached hydrogen (secondary N) is 3. The molecule has 1 saturated heterocycles. The molecule has 0 bridgehead atoms. The number of carbonyl (C=O) groups is 2. The highest BCUT2D eigenvalue weighted by molar-refractivity contribution is 6.29. The molecule has 3 heterocycles. The third kappa shape index (κ3) is 5.43. The van der Waals surface area contributed by atoms with Crippen LogP contribution in [0.1, 0.15) is 0 Å². The number of para-hydroxylation sites is 2. The summed E-state index contributed by atoms with van der Waals surface area (Å²) in [4.78, 5) is 39.9. The summed E-state index contributed by atoms with van der Waals surface area (Å²) in [6.07, 6.45) is 1.63. The maximum absolute atomic E-state index is 12.3. The number of amides is 2. The molecule has 2 aliphatic rings. The van der Waals surface area contributed by atoms with E-state index in [-0.39, 0.29) is 24.2 Å². The minimum absolute atomic E-state index is 0.127. The molecule has 0 unspecified atom stereocenters. The summed E-state index contributed by atoms with van der Waals surface area (Å²) in [5.41, 5.74) is 3.60. The van der Waals surface area contributed by atoms with Crippen molar-refractivity contribution in [2.75, 3.05) is 78.5 Å². The van der Waals surface area contributed by atoms with Crippen LogP contribution in [0, 0.1) is 0 Å². The van der Waals surface area contributed by atoms with E-state index < -0.39 is 0 Å². The van der Waals surface area contributed by atoms with Crippen LogP contribution in [-0.4, -0.2) is 79.4 Å². The molecule has 0 radical (unpaired) electrons. The fraction of sp³-hybridized carbons (Fsp3) is 0.308. The van der Waals surface area contributed by atoms with Crippen molar-refractivity contribution in [1.82, 2.24) is 14.9 Å². The van der Waals surface area contributed by atoms with Gasteiger partial charge in [-0.05, 0) is 31.3 Å². The summed E-state index contributed by atoms with van der Waals surface area (Å²) in [7, 11) is 3.68. The van der Waals surface area contributed by atoms with E-state index in [1.807, 2.05) is 35.2 Å². The number of hydrogen-bond acceptors (Lipinski definition) is 9. The molecule has 12 heteroatoms. The van der Waals surface area contributed by atoms with Gasteiger partial charge in [0.05, 0.1) is 35.5 Å². The molecule has 3 aromatic rings. The summed E-state index contributed by atoms with van der Waals surface area (Å²) < 4.78 is 5.71. The van der Waals surface area contributed by atoms with Gasteiger partial charge >= 0.3 is 0 Å². The third-order valence-corrected chi connectivity index (χ3v) is 6.73. The highest BCUT2D eigenvalue weighted by atomic mass is 35.5. The molecule has 5 rings (SSSR count). The monoisotopic (exact) mass is 536 g/mol. The van der Waals surface area contributed by atoms with Crippen LogP contribution in [0.5, 0.6) is 5.75 Å². The number of rotatable bonds is 7. The van der Waals surface area contributed by atoms with Gasteiger partial charge < -0.3 is 35.4 Å². The minimum atomic E-state index is -0.307. The Hall–Kier alpha value is -4.09. The van der Waals surface area contributed by atoms with Crippen LogP contribution < -0.4 is 30.5 Å². The second-order valence-corrected chi connectivity index (χ2v) is 9.32. The molecule has 1 aromatic heterocycles. The van der Waals surface area contributed by atoms with Crippen LogP contribution >= 0.6 is 11.6 Å². The maximum Gasteiger partial charge on any atom is 0.244 e. The number of likely N-dealkylation sites (N-methyl/N-ethyl adjacent to an activating group) is 1. The topological polar surface area (TPSA) is 115 Å². The Morgan fingerprint density at radius 2 is 1.89 bits per heavy atom. The summed E-state index contributed by atoms with van der Waals surface area (Å²) in [5, 5.41) is 9.02. The SMILES string of the molecule is COc1cc(N2CCN(C)CC2)c(NC(=O)CCl)cc1Nc1nccc(N2CC(=O)Nc3ccccc32)n1. The molecule has 198 valence electrons. The number of benzene rings is 2. The zero-order chi connectivity index (χ0) is 26.6. The number of carbonyl (C=O) groups excluding carboxylic acids is 2. The molecular formula is C26H29ClN8O3. The zero-order valence-corrected chi connectivity index (χ0v) is 22.0. The molecule has 2 aromatic carbocycles. The first-order valence-electron chi connectivity index (χ1n) is 12.2. The number of nitrogens with zero attached hydrogens (tertiary/aromatic N) is 5. The fourth-order valence-corrected chi connectivity index (χ4v) is 4.61.